The molecule has 6 nitrogen and oxygen atoms in total. The molecule has 0 unspecified atom stereocenters. The molecule has 144 valence electrons. The molecule has 1 atom stereocenters. The highest BCUT2D eigenvalue weighted by molar-refractivity contribution is 5.92. The maximum Gasteiger partial charge on any atom is 0.276 e. The Labute approximate surface area is 155 Å². The van der Waals surface area contributed by atoms with Crippen LogP contribution < -0.4 is 4.74 Å². The third-order valence-corrected chi connectivity index (χ3v) is 5.15. The minimum absolute atomic E-state index is 0.184. The van der Waals surface area contributed by atoms with E-state index in [0.717, 1.165) is 38.1 Å². The molecule has 2 fully saturated rings. The maximum atomic E-state index is 13.6. The molecule has 0 radical (unpaired) electrons. The van der Waals surface area contributed by atoms with E-state index in [1.807, 2.05) is 4.90 Å². The van der Waals surface area contributed by atoms with Gasteiger partial charge in [-0.2, -0.15) is 0 Å². The molecule has 8 heteroatoms. The molecule has 2 aliphatic rings. The summed E-state index contributed by atoms with van der Waals surface area (Å²) in [5.41, 5.74) is 0.189. The summed E-state index contributed by atoms with van der Waals surface area (Å²) < 4.78 is 37.5. The summed E-state index contributed by atoms with van der Waals surface area (Å²) in [5.74, 6) is -2.02. The second-order valence-corrected chi connectivity index (χ2v) is 6.95. The minimum atomic E-state index is -0.795. The van der Waals surface area contributed by atoms with Crippen molar-refractivity contribution in [1.29, 1.82) is 0 Å². The van der Waals surface area contributed by atoms with Crippen LogP contribution in [0.15, 0.2) is 28.8 Å². The summed E-state index contributed by atoms with van der Waals surface area (Å²) in [5, 5.41) is 3.82. The average molecular weight is 377 g/mol. The zero-order valence-electron chi connectivity index (χ0n) is 14.9. The number of rotatable bonds is 4. The van der Waals surface area contributed by atoms with Gasteiger partial charge in [-0.3, -0.25) is 9.69 Å². The number of halogens is 2. The summed E-state index contributed by atoms with van der Waals surface area (Å²) in [4.78, 5) is 17.0. The molecule has 0 N–H and O–H groups in total. The Bertz CT molecular complexity index is 806. The minimum Gasteiger partial charge on any atom is -0.479 e. The zero-order valence-corrected chi connectivity index (χ0v) is 14.9. The first-order valence-electron chi connectivity index (χ1n) is 9.17. The summed E-state index contributed by atoms with van der Waals surface area (Å²) in [7, 11) is 0. The van der Waals surface area contributed by atoms with Gasteiger partial charge in [0.1, 0.15) is 6.61 Å². The summed E-state index contributed by atoms with van der Waals surface area (Å²) in [6.45, 7) is 3.28. The van der Waals surface area contributed by atoms with Gasteiger partial charge < -0.3 is 14.2 Å². The molecular weight excluding hydrogens is 356 g/mol. The van der Waals surface area contributed by atoms with Crippen molar-refractivity contribution in [3.8, 4) is 5.75 Å². The molecule has 2 aliphatic heterocycles. The van der Waals surface area contributed by atoms with E-state index in [4.69, 9.17) is 9.26 Å². The Morgan fingerprint density at radius 2 is 2.00 bits per heavy atom. The summed E-state index contributed by atoms with van der Waals surface area (Å²) >= 11 is 0. The van der Waals surface area contributed by atoms with E-state index in [9.17, 15) is 13.6 Å². The van der Waals surface area contributed by atoms with E-state index in [-0.39, 0.29) is 24.0 Å². The molecule has 27 heavy (non-hydrogen) atoms. The number of ether oxygens (including phenoxy) is 1. The predicted octanol–water partition coefficient (Wildman–Crippen LogP) is 2.84. The SMILES string of the molecule is O=C(c1cc(COc2c(F)cccc2F)on1)N1CCCN2CCC[C@H]2C1. The first-order valence-corrected chi connectivity index (χ1v) is 9.17. The largest absolute Gasteiger partial charge is 0.479 e. The van der Waals surface area contributed by atoms with Gasteiger partial charge in [0.25, 0.3) is 5.91 Å². The number of para-hydroxylation sites is 1. The Morgan fingerprint density at radius 3 is 2.81 bits per heavy atom. The van der Waals surface area contributed by atoms with Gasteiger partial charge in [0.05, 0.1) is 0 Å². The van der Waals surface area contributed by atoms with E-state index >= 15 is 0 Å². The van der Waals surface area contributed by atoms with Crippen molar-refractivity contribution in [3.05, 3.63) is 47.4 Å². The van der Waals surface area contributed by atoms with Crippen molar-refractivity contribution >= 4 is 5.91 Å². The van der Waals surface area contributed by atoms with Gasteiger partial charge in [-0.15, -0.1) is 0 Å². The van der Waals surface area contributed by atoms with Crippen molar-refractivity contribution in [2.45, 2.75) is 31.9 Å². The summed E-state index contributed by atoms with van der Waals surface area (Å²) in [6, 6.07) is 5.36. The quantitative estimate of drug-likeness (QED) is 0.820. The van der Waals surface area contributed by atoms with Gasteiger partial charge in [-0.25, -0.2) is 8.78 Å². The molecule has 0 saturated carbocycles. The number of carbonyl (C=O) groups is 1. The van der Waals surface area contributed by atoms with E-state index in [0.29, 0.717) is 19.1 Å². The van der Waals surface area contributed by atoms with Crippen LogP contribution in [0.3, 0.4) is 0 Å². The van der Waals surface area contributed by atoms with E-state index in [2.05, 4.69) is 10.1 Å². The van der Waals surface area contributed by atoms with E-state index in [1.165, 1.54) is 18.6 Å². The lowest BCUT2D eigenvalue weighted by molar-refractivity contribution is 0.0732. The standard InChI is InChI=1S/C19H21F2N3O3/c20-15-5-1-6-16(21)18(15)26-12-14-10-17(22-27-14)19(25)24-9-3-8-23-7-2-4-13(23)11-24/h1,5-6,10,13H,2-4,7-9,11-12H2/t13-/m0/s1. The Morgan fingerprint density at radius 1 is 1.22 bits per heavy atom. The molecule has 4 rings (SSSR count). The normalized spacial score (nSPS) is 20.4. The Balaban J connectivity index is 1.40. The van der Waals surface area contributed by atoms with Crippen LogP contribution in [0.2, 0.25) is 0 Å². The Kier molecular flexibility index (Phi) is 5.07. The lowest BCUT2D eigenvalue weighted by Gasteiger charge is -2.24. The monoisotopic (exact) mass is 377 g/mol. The van der Waals surface area contributed by atoms with Crippen molar-refractivity contribution in [3.63, 3.8) is 0 Å². The molecular formula is C19H21F2N3O3. The Hall–Kier alpha value is -2.48. The van der Waals surface area contributed by atoms with Gasteiger partial charge in [-0.05, 0) is 37.9 Å². The second kappa shape index (κ2) is 7.64. The van der Waals surface area contributed by atoms with Crippen molar-refractivity contribution < 1.29 is 22.8 Å². The molecule has 2 aromatic rings. The van der Waals surface area contributed by atoms with Crippen LogP contribution >= 0.6 is 0 Å². The van der Waals surface area contributed by atoms with Crippen molar-refractivity contribution in [1.82, 2.24) is 15.0 Å². The number of benzene rings is 1. The molecule has 0 aliphatic carbocycles. The lowest BCUT2D eigenvalue weighted by Crippen LogP contribution is -2.39. The molecule has 1 amide bonds. The molecule has 0 bridgehead atoms. The molecule has 1 aromatic carbocycles. The predicted molar refractivity (Wildman–Crippen MR) is 92.3 cm³/mol. The van der Waals surface area contributed by atoms with Crippen molar-refractivity contribution in [2.75, 3.05) is 26.2 Å². The smallest absolute Gasteiger partial charge is 0.276 e. The average Bonchev–Trinajstić information content (AvgIpc) is 3.26. The van der Waals surface area contributed by atoms with Gasteiger partial charge in [0, 0.05) is 31.7 Å². The van der Waals surface area contributed by atoms with Gasteiger partial charge >= 0.3 is 0 Å². The van der Waals surface area contributed by atoms with Crippen LogP contribution in [-0.2, 0) is 6.61 Å². The number of nitrogens with zero attached hydrogens (tertiary/aromatic N) is 3. The van der Waals surface area contributed by atoms with E-state index in [1.54, 1.807) is 0 Å². The fourth-order valence-corrected chi connectivity index (χ4v) is 3.80. The highest BCUT2D eigenvalue weighted by atomic mass is 19.1. The van der Waals surface area contributed by atoms with Crippen LogP contribution in [0.1, 0.15) is 35.5 Å². The van der Waals surface area contributed by atoms with Crippen LogP contribution in [0.4, 0.5) is 8.78 Å². The van der Waals surface area contributed by atoms with Gasteiger partial charge in [0.2, 0.25) is 0 Å². The lowest BCUT2D eigenvalue weighted by atomic mass is 10.2. The number of aromatic nitrogens is 1. The van der Waals surface area contributed by atoms with Crippen LogP contribution in [0.5, 0.6) is 5.75 Å². The summed E-state index contributed by atoms with van der Waals surface area (Å²) in [6.07, 6.45) is 3.21. The fourth-order valence-electron chi connectivity index (χ4n) is 3.80. The van der Waals surface area contributed by atoms with Gasteiger partial charge in [-0.1, -0.05) is 11.2 Å². The van der Waals surface area contributed by atoms with E-state index < -0.39 is 17.4 Å². The number of carbonyl (C=O) groups excluding carboxylic acids is 1. The molecule has 2 saturated heterocycles. The topological polar surface area (TPSA) is 58.8 Å². The first-order chi connectivity index (χ1) is 13.1. The zero-order chi connectivity index (χ0) is 18.8. The number of fused-ring (bicyclic) bond motifs is 1. The second-order valence-electron chi connectivity index (χ2n) is 6.95. The third-order valence-electron chi connectivity index (χ3n) is 5.15. The molecule has 0 spiro atoms. The van der Waals surface area contributed by atoms with Crippen LogP contribution in [-0.4, -0.2) is 53.1 Å². The first kappa shape index (κ1) is 17.9. The van der Waals surface area contributed by atoms with Crippen molar-refractivity contribution in [2.24, 2.45) is 0 Å². The molecule has 3 heterocycles. The van der Waals surface area contributed by atoms with Crippen LogP contribution in [0, 0.1) is 11.6 Å². The number of amides is 1. The highest BCUT2D eigenvalue weighted by Crippen LogP contribution is 2.24. The van der Waals surface area contributed by atoms with Gasteiger partial charge in [0.15, 0.2) is 28.8 Å². The molecule has 1 aromatic heterocycles. The number of hydrogen-bond donors (Lipinski definition) is 0. The van der Waals surface area contributed by atoms with Crippen LogP contribution in [0.25, 0.3) is 0 Å². The third kappa shape index (κ3) is 3.80. The fraction of sp³-hybridized carbons (Fsp3) is 0.474. The number of hydrogen-bond acceptors (Lipinski definition) is 5. The highest BCUT2D eigenvalue weighted by Gasteiger charge is 2.31. The maximum absolute atomic E-state index is 13.6.